The molecule has 0 saturated heterocycles. The number of fused-ring (bicyclic) bond motifs is 1. The SMILES string of the molecule is C=Cc1cccc(OC(F)F)c1Cc1c(CO)nn2ccc(Cl)cc12. The maximum atomic E-state index is 12.7. The Labute approximate surface area is 147 Å². The molecular formula is C18H15ClF2N2O2. The molecule has 0 atom stereocenters. The molecule has 2 heterocycles. The van der Waals surface area contributed by atoms with Crippen molar-refractivity contribution in [2.75, 3.05) is 0 Å². The van der Waals surface area contributed by atoms with Crippen LogP contribution in [0.25, 0.3) is 11.6 Å². The first-order chi connectivity index (χ1) is 12.0. The summed E-state index contributed by atoms with van der Waals surface area (Å²) in [4.78, 5) is 0. The Balaban J connectivity index is 2.15. The molecule has 0 unspecified atom stereocenters. The molecule has 1 N–H and O–H groups in total. The van der Waals surface area contributed by atoms with Crippen LogP contribution in [0.2, 0.25) is 5.02 Å². The molecule has 25 heavy (non-hydrogen) atoms. The molecule has 7 heteroatoms. The average molecular weight is 365 g/mol. The zero-order valence-corrected chi connectivity index (χ0v) is 13.9. The molecule has 130 valence electrons. The van der Waals surface area contributed by atoms with Gasteiger partial charge in [-0.15, -0.1) is 0 Å². The molecule has 0 spiro atoms. The second kappa shape index (κ2) is 7.21. The van der Waals surface area contributed by atoms with E-state index in [0.717, 1.165) is 0 Å². The van der Waals surface area contributed by atoms with Gasteiger partial charge in [0.25, 0.3) is 0 Å². The van der Waals surface area contributed by atoms with E-state index in [1.165, 1.54) is 6.07 Å². The van der Waals surface area contributed by atoms with Crippen LogP contribution in [-0.4, -0.2) is 21.3 Å². The molecule has 0 aliphatic rings. The molecule has 0 aliphatic carbocycles. The van der Waals surface area contributed by atoms with Crippen molar-refractivity contribution in [2.45, 2.75) is 19.6 Å². The van der Waals surface area contributed by atoms with E-state index < -0.39 is 6.61 Å². The lowest BCUT2D eigenvalue weighted by Gasteiger charge is -2.14. The Morgan fingerprint density at radius 1 is 1.32 bits per heavy atom. The third-order valence-electron chi connectivity index (χ3n) is 3.89. The number of benzene rings is 1. The maximum absolute atomic E-state index is 12.7. The van der Waals surface area contributed by atoms with E-state index in [0.29, 0.717) is 32.9 Å². The van der Waals surface area contributed by atoms with Crippen molar-refractivity contribution in [3.63, 3.8) is 0 Å². The van der Waals surface area contributed by atoms with Gasteiger partial charge in [-0.25, -0.2) is 4.52 Å². The molecule has 2 aromatic heterocycles. The number of rotatable bonds is 6. The molecule has 3 rings (SSSR count). The van der Waals surface area contributed by atoms with Crippen LogP contribution in [0.1, 0.15) is 22.4 Å². The van der Waals surface area contributed by atoms with E-state index in [1.54, 1.807) is 41.1 Å². The summed E-state index contributed by atoms with van der Waals surface area (Å²) in [7, 11) is 0. The van der Waals surface area contributed by atoms with Crippen LogP contribution in [0.3, 0.4) is 0 Å². The van der Waals surface area contributed by atoms with Crippen LogP contribution in [0.5, 0.6) is 5.75 Å². The van der Waals surface area contributed by atoms with Gasteiger partial charge in [0.15, 0.2) is 0 Å². The highest BCUT2D eigenvalue weighted by atomic mass is 35.5. The van der Waals surface area contributed by atoms with Gasteiger partial charge >= 0.3 is 6.61 Å². The van der Waals surface area contributed by atoms with Gasteiger partial charge in [0, 0.05) is 28.8 Å². The normalized spacial score (nSPS) is 11.2. The Hall–Kier alpha value is -2.44. The van der Waals surface area contributed by atoms with Crippen molar-refractivity contribution in [3.8, 4) is 5.75 Å². The van der Waals surface area contributed by atoms with E-state index in [4.69, 9.17) is 11.6 Å². The lowest BCUT2D eigenvalue weighted by atomic mass is 9.97. The lowest BCUT2D eigenvalue weighted by molar-refractivity contribution is -0.0503. The number of aromatic nitrogens is 2. The highest BCUT2D eigenvalue weighted by Crippen LogP contribution is 2.31. The quantitative estimate of drug-likeness (QED) is 0.708. The Morgan fingerprint density at radius 3 is 2.80 bits per heavy atom. The van der Waals surface area contributed by atoms with Crippen LogP contribution in [0.15, 0.2) is 43.1 Å². The summed E-state index contributed by atoms with van der Waals surface area (Å²) in [5, 5.41) is 14.4. The van der Waals surface area contributed by atoms with Gasteiger partial charge in [0.1, 0.15) is 5.75 Å². The number of ether oxygens (including phenoxy) is 1. The smallest absolute Gasteiger partial charge is 0.387 e. The van der Waals surface area contributed by atoms with Crippen molar-refractivity contribution >= 4 is 23.2 Å². The van der Waals surface area contributed by atoms with Crippen molar-refractivity contribution in [1.82, 2.24) is 9.61 Å². The van der Waals surface area contributed by atoms with Crippen molar-refractivity contribution < 1.29 is 18.6 Å². The van der Waals surface area contributed by atoms with Crippen LogP contribution < -0.4 is 4.74 Å². The maximum Gasteiger partial charge on any atom is 0.387 e. The molecular weight excluding hydrogens is 350 g/mol. The standard InChI is InChI=1S/C18H15ClF2N2O2/c1-2-11-4-3-5-17(25-18(20)21)13(11)9-14-15(10-24)22-23-7-6-12(19)8-16(14)23/h2-8,18,24H,1,9-10H2. The molecule has 1 aromatic carbocycles. The Morgan fingerprint density at radius 2 is 2.12 bits per heavy atom. The monoisotopic (exact) mass is 364 g/mol. The summed E-state index contributed by atoms with van der Waals surface area (Å²) in [5.41, 5.74) is 3.05. The highest BCUT2D eigenvalue weighted by Gasteiger charge is 2.18. The second-order valence-corrected chi connectivity index (χ2v) is 5.78. The number of aliphatic hydroxyl groups is 1. The van der Waals surface area contributed by atoms with Crippen LogP contribution in [0.4, 0.5) is 8.78 Å². The third-order valence-corrected chi connectivity index (χ3v) is 4.13. The van der Waals surface area contributed by atoms with Gasteiger partial charge in [-0.3, -0.25) is 0 Å². The number of pyridine rings is 1. The van der Waals surface area contributed by atoms with E-state index in [1.807, 2.05) is 0 Å². The van der Waals surface area contributed by atoms with Gasteiger partial charge in [0.05, 0.1) is 17.8 Å². The first kappa shape index (κ1) is 17.4. The summed E-state index contributed by atoms with van der Waals surface area (Å²) in [6.45, 7) is 0.508. The highest BCUT2D eigenvalue weighted by molar-refractivity contribution is 6.30. The molecule has 0 amide bonds. The molecule has 3 aromatic rings. The molecule has 0 fully saturated rings. The number of hydrogen-bond donors (Lipinski definition) is 1. The Kier molecular flexibility index (Phi) is 5.01. The second-order valence-electron chi connectivity index (χ2n) is 5.34. The Bertz CT molecular complexity index is 925. The molecule has 0 saturated carbocycles. The minimum atomic E-state index is -2.94. The van der Waals surface area contributed by atoms with Gasteiger partial charge in [0.2, 0.25) is 0 Å². The first-order valence-corrected chi connectivity index (χ1v) is 7.87. The lowest BCUT2D eigenvalue weighted by Crippen LogP contribution is -2.06. The predicted octanol–water partition coefficient (Wildman–Crippen LogP) is 4.32. The topological polar surface area (TPSA) is 46.8 Å². The summed E-state index contributed by atoms with van der Waals surface area (Å²) in [5.74, 6) is 0.0673. The average Bonchev–Trinajstić information content (AvgIpc) is 2.93. The van der Waals surface area contributed by atoms with Crippen molar-refractivity contribution in [1.29, 1.82) is 0 Å². The van der Waals surface area contributed by atoms with E-state index in [9.17, 15) is 13.9 Å². The van der Waals surface area contributed by atoms with E-state index >= 15 is 0 Å². The zero-order chi connectivity index (χ0) is 18.0. The summed E-state index contributed by atoms with van der Waals surface area (Å²) >= 11 is 6.06. The van der Waals surface area contributed by atoms with E-state index in [2.05, 4.69) is 16.4 Å². The number of hydrogen-bond acceptors (Lipinski definition) is 3. The number of alkyl halides is 2. The fourth-order valence-electron chi connectivity index (χ4n) is 2.78. The molecule has 0 aliphatic heterocycles. The van der Waals surface area contributed by atoms with Gasteiger partial charge < -0.3 is 9.84 Å². The number of halogens is 3. The minimum absolute atomic E-state index is 0.0673. The largest absolute Gasteiger partial charge is 0.435 e. The third kappa shape index (κ3) is 3.50. The number of aliphatic hydroxyl groups excluding tert-OH is 1. The van der Waals surface area contributed by atoms with Crippen LogP contribution in [0, 0.1) is 0 Å². The van der Waals surface area contributed by atoms with E-state index in [-0.39, 0.29) is 18.8 Å². The fraction of sp³-hybridized carbons (Fsp3) is 0.167. The molecule has 0 radical (unpaired) electrons. The minimum Gasteiger partial charge on any atom is -0.435 e. The van der Waals surface area contributed by atoms with Gasteiger partial charge in [-0.05, 0) is 23.8 Å². The summed E-state index contributed by atoms with van der Waals surface area (Å²) in [6, 6.07) is 8.25. The molecule has 0 bridgehead atoms. The van der Waals surface area contributed by atoms with Crippen LogP contribution >= 0.6 is 11.6 Å². The number of nitrogens with zero attached hydrogens (tertiary/aromatic N) is 2. The van der Waals surface area contributed by atoms with Gasteiger partial charge in [-0.2, -0.15) is 13.9 Å². The first-order valence-electron chi connectivity index (χ1n) is 7.49. The fourth-order valence-corrected chi connectivity index (χ4v) is 2.94. The summed E-state index contributed by atoms with van der Waals surface area (Å²) < 4.78 is 31.7. The van der Waals surface area contributed by atoms with Crippen LogP contribution in [-0.2, 0) is 13.0 Å². The van der Waals surface area contributed by atoms with Crippen molar-refractivity contribution in [2.24, 2.45) is 0 Å². The summed E-state index contributed by atoms with van der Waals surface area (Å²) in [6.07, 6.45) is 3.49. The zero-order valence-electron chi connectivity index (χ0n) is 13.1. The van der Waals surface area contributed by atoms with Gasteiger partial charge in [-0.1, -0.05) is 36.4 Å². The van der Waals surface area contributed by atoms with Crippen molar-refractivity contribution in [3.05, 3.63) is 70.5 Å². The molecule has 4 nitrogen and oxygen atoms in total. The predicted molar refractivity (Wildman–Crippen MR) is 92.1 cm³/mol.